The maximum Gasteiger partial charge on any atom is 0.151 e. The molecule has 0 aromatic carbocycles. The topological polar surface area (TPSA) is 24.7 Å². The van der Waals surface area contributed by atoms with Gasteiger partial charge in [-0.25, -0.2) is 4.39 Å². The van der Waals surface area contributed by atoms with Crippen LogP contribution in [0.25, 0.3) is 0 Å². The molecule has 1 rings (SSSR count). The lowest BCUT2D eigenvalue weighted by Gasteiger charge is -2.24. The van der Waals surface area contributed by atoms with Gasteiger partial charge in [-0.05, 0) is 45.1 Å². The number of allylic oxidation sites excluding steroid dienone is 2. The van der Waals surface area contributed by atoms with Gasteiger partial charge in [-0.2, -0.15) is 10.2 Å². The van der Waals surface area contributed by atoms with Gasteiger partial charge in [-0.3, -0.25) is 0 Å². The summed E-state index contributed by atoms with van der Waals surface area (Å²) in [6.45, 7) is 7.58. The standard InChI is InChI=1S/C11H19FN2.C2H6/c1-9-7-5-4-6-8-11(2,12)10(9)14-13-3;1-2/h4-8H2,1-3H3;1-2H3/b10-9+,14-13?;. The average Bonchev–Trinajstić information content (AvgIpc) is 2.26. The molecular formula is C13H25FN2. The molecular weight excluding hydrogens is 203 g/mol. The number of nitrogens with zero attached hydrogens (tertiary/aromatic N) is 2. The minimum atomic E-state index is -1.29. The van der Waals surface area contributed by atoms with E-state index >= 15 is 0 Å². The maximum absolute atomic E-state index is 14.2. The fourth-order valence-electron chi connectivity index (χ4n) is 2.00. The van der Waals surface area contributed by atoms with Crippen LogP contribution >= 0.6 is 0 Å². The van der Waals surface area contributed by atoms with Gasteiger partial charge in [-0.15, -0.1) is 0 Å². The molecule has 3 heteroatoms. The van der Waals surface area contributed by atoms with Crippen LogP contribution < -0.4 is 0 Å². The Balaban J connectivity index is 0.00000106. The van der Waals surface area contributed by atoms with Crippen LogP contribution in [0.3, 0.4) is 0 Å². The first-order valence-electron chi connectivity index (χ1n) is 6.27. The van der Waals surface area contributed by atoms with E-state index in [1.165, 1.54) is 0 Å². The first-order valence-corrected chi connectivity index (χ1v) is 6.27. The molecule has 0 N–H and O–H groups in total. The second-order valence-corrected chi connectivity index (χ2v) is 4.19. The fraction of sp³-hybridized carbons (Fsp3) is 0.846. The normalized spacial score (nSPS) is 31.6. The second kappa shape index (κ2) is 7.53. The van der Waals surface area contributed by atoms with Crippen molar-refractivity contribution in [1.29, 1.82) is 0 Å². The van der Waals surface area contributed by atoms with E-state index in [2.05, 4.69) is 10.2 Å². The summed E-state index contributed by atoms with van der Waals surface area (Å²) in [6, 6.07) is 0. The van der Waals surface area contributed by atoms with Crippen LogP contribution in [-0.2, 0) is 0 Å². The smallest absolute Gasteiger partial charge is 0.151 e. The Morgan fingerprint density at radius 3 is 2.38 bits per heavy atom. The van der Waals surface area contributed by atoms with Crippen LogP contribution in [0.15, 0.2) is 21.5 Å². The molecule has 1 aliphatic carbocycles. The van der Waals surface area contributed by atoms with E-state index in [9.17, 15) is 4.39 Å². The van der Waals surface area contributed by atoms with Gasteiger partial charge in [0, 0.05) is 7.05 Å². The summed E-state index contributed by atoms with van der Waals surface area (Å²) in [7, 11) is 1.59. The third-order valence-corrected chi connectivity index (χ3v) is 2.80. The fourth-order valence-corrected chi connectivity index (χ4v) is 2.00. The van der Waals surface area contributed by atoms with Crippen LogP contribution in [0, 0.1) is 0 Å². The lowest BCUT2D eigenvalue weighted by Crippen LogP contribution is -2.22. The van der Waals surface area contributed by atoms with Gasteiger partial charge in [0.1, 0.15) is 0 Å². The number of rotatable bonds is 1. The number of halogens is 1. The number of hydrogen-bond acceptors (Lipinski definition) is 2. The SMILES string of the molecule is CC.CN=N/C1=C(\C)CCCCCC1(C)F. The van der Waals surface area contributed by atoms with Crippen molar-refractivity contribution in [3.05, 3.63) is 11.3 Å². The van der Waals surface area contributed by atoms with E-state index in [1.54, 1.807) is 14.0 Å². The van der Waals surface area contributed by atoms with Gasteiger partial charge in [0.2, 0.25) is 0 Å². The third-order valence-electron chi connectivity index (χ3n) is 2.80. The molecule has 1 unspecified atom stereocenters. The highest BCUT2D eigenvalue weighted by molar-refractivity contribution is 5.21. The highest BCUT2D eigenvalue weighted by Gasteiger charge is 2.31. The Morgan fingerprint density at radius 2 is 1.81 bits per heavy atom. The summed E-state index contributed by atoms with van der Waals surface area (Å²) in [5.74, 6) is 0. The average molecular weight is 228 g/mol. The highest BCUT2D eigenvalue weighted by atomic mass is 19.1. The summed E-state index contributed by atoms with van der Waals surface area (Å²) >= 11 is 0. The lowest BCUT2D eigenvalue weighted by molar-refractivity contribution is 0.207. The van der Waals surface area contributed by atoms with Crippen molar-refractivity contribution in [3.8, 4) is 0 Å². The second-order valence-electron chi connectivity index (χ2n) is 4.19. The predicted octanol–water partition coefficient (Wildman–Crippen LogP) is 5.06. The zero-order valence-electron chi connectivity index (χ0n) is 11.3. The zero-order valence-corrected chi connectivity index (χ0v) is 11.3. The summed E-state index contributed by atoms with van der Waals surface area (Å²) in [6.07, 6.45) is 4.73. The van der Waals surface area contributed by atoms with Crippen molar-refractivity contribution >= 4 is 0 Å². The van der Waals surface area contributed by atoms with Crippen LogP contribution in [-0.4, -0.2) is 12.7 Å². The van der Waals surface area contributed by atoms with Crippen LogP contribution in [0.4, 0.5) is 4.39 Å². The first-order chi connectivity index (χ1) is 7.58. The molecule has 0 aromatic heterocycles. The van der Waals surface area contributed by atoms with Crippen LogP contribution in [0.5, 0.6) is 0 Å². The Bertz CT molecular complexity index is 255. The summed E-state index contributed by atoms with van der Waals surface area (Å²) < 4.78 is 14.2. The molecule has 0 amide bonds. The molecule has 2 nitrogen and oxygen atoms in total. The van der Waals surface area contributed by atoms with E-state index < -0.39 is 5.67 Å². The molecule has 0 fully saturated rings. The van der Waals surface area contributed by atoms with E-state index in [1.807, 2.05) is 20.8 Å². The number of hydrogen-bond donors (Lipinski definition) is 0. The zero-order chi connectivity index (χ0) is 12.6. The van der Waals surface area contributed by atoms with E-state index in [0.717, 1.165) is 31.3 Å². The Kier molecular flexibility index (Phi) is 7.18. The third kappa shape index (κ3) is 4.42. The van der Waals surface area contributed by atoms with Gasteiger partial charge >= 0.3 is 0 Å². The summed E-state index contributed by atoms with van der Waals surface area (Å²) in [4.78, 5) is 0. The number of alkyl halides is 1. The quantitative estimate of drug-likeness (QED) is 0.560. The Morgan fingerprint density at radius 1 is 1.19 bits per heavy atom. The Labute approximate surface area is 99.0 Å². The van der Waals surface area contributed by atoms with Crippen LogP contribution in [0.2, 0.25) is 0 Å². The van der Waals surface area contributed by atoms with Gasteiger partial charge in [0.25, 0.3) is 0 Å². The van der Waals surface area contributed by atoms with Crippen LogP contribution in [0.1, 0.15) is 59.8 Å². The van der Waals surface area contributed by atoms with E-state index in [-0.39, 0.29) is 0 Å². The van der Waals surface area contributed by atoms with Gasteiger partial charge in [-0.1, -0.05) is 20.3 Å². The van der Waals surface area contributed by atoms with Crippen molar-refractivity contribution in [2.75, 3.05) is 7.05 Å². The Hall–Kier alpha value is -0.730. The molecule has 1 atom stereocenters. The molecule has 0 heterocycles. The van der Waals surface area contributed by atoms with Gasteiger partial charge in [0.05, 0.1) is 5.70 Å². The summed E-state index contributed by atoms with van der Waals surface area (Å²) in [5.41, 5.74) is 0.323. The molecule has 94 valence electrons. The largest absolute Gasteiger partial charge is 0.237 e. The van der Waals surface area contributed by atoms with Crippen molar-refractivity contribution in [1.82, 2.24) is 0 Å². The number of azo groups is 1. The molecule has 0 aliphatic heterocycles. The van der Waals surface area contributed by atoms with E-state index in [4.69, 9.17) is 0 Å². The molecule has 0 spiro atoms. The molecule has 16 heavy (non-hydrogen) atoms. The minimum Gasteiger partial charge on any atom is -0.237 e. The molecule has 1 aliphatic rings. The monoisotopic (exact) mass is 228 g/mol. The molecule has 0 saturated carbocycles. The van der Waals surface area contributed by atoms with E-state index in [0.29, 0.717) is 12.1 Å². The van der Waals surface area contributed by atoms with Crippen molar-refractivity contribution < 1.29 is 4.39 Å². The molecule has 0 bridgehead atoms. The summed E-state index contributed by atoms with van der Waals surface area (Å²) in [5, 5.41) is 7.65. The lowest BCUT2D eigenvalue weighted by atomic mass is 9.89. The predicted molar refractivity (Wildman–Crippen MR) is 67.4 cm³/mol. The van der Waals surface area contributed by atoms with Crippen molar-refractivity contribution in [2.45, 2.75) is 65.5 Å². The maximum atomic E-state index is 14.2. The van der Waals surface area contributed by atoms with Crippen molar-refractivity contribution in [3.63, 3.8) is 0 Å². The molecule has 0 radical (unpaired) electrons. The molecule has 0 aromatic rings. The van der Waals surface area contributed by atoms with Crippen molar-refractivity contribution in [2.24, 2.45) is 10.2 Å². The molecule has 0 saturated heterocycles. The highest BCUT2D eigenvalue weighted by Crippen LogP contribution is 2.34. The van der Waals surface area contributed by atoms with Gasteiger partial charge in [0.15, 0.2) is 5.67 Å². The van der Waals surface area contributed by atoms with Gasteiger partial charge < -0.3 is 0 Å². The first kappa shape index (κ1) is 15.3. The minimum absolute atomic E-state index is 0.555.